The van der Waals surface area contributed by atoms with Gasteiger partial charge in [-0.05, 0) is 92.7 Å². The number of hydrogen-bond acceptors (Lipinski definition) is 5. The van der Waals surface area contributed by atoms with Crippen LogP contribution in [0.5, 0.6) is 0 Å². The molecule has 1 saturated heterocycles. The van der Waals surface area contributed by atoms with Crippen molar-refractivity contribution in [3.8, 4) is 17.2 Å². The van der Waals surface area contributed by atoms with Gasteiger partial charge in [0.05, 0.1) is 17.1 Å². The molecule has 1 aliphatic heterocycles. The summed E-state index contributed by atoms with van der Waals surface area (Å²) >= 11 is 0. The van der Waals surface area contributed by atoms with Crippen molar-refractivity contribution in [2.45, 2.75) is 19.4 Å². The molecule has 1 atom stereocenters. The van der Waals surface area contributed by atoms with Crippen molar-refractivity contribution < 1.29 is 0 Å². The highest BCUT2D eigenvalue weighted by molar-refractivity contribution is 5.95. The van der Waals surface area contributed by atoms with Crippen LogP contribution >= 0.6 is 0 Å². The molecule has 1 aromatic heterocycles. The fourth-order valence-corrected chi connectivity index (χ4v) is 4.71. The third-order valence-electron chi connectivity index (χ3n) is 6.83. The highest BCUT2D eigenvalue weighted by Gasteiger charge is 2.23. The first-order valence-electron chi connectivity index (χ1n) is 11.7. The first kappa shape index (κ1) is 21.9. The van der Waals surface area contributed by atoms with Crippen LogP contribution in [0.2, 0.25) is 0 Å². The summed E-state index contributed by atoms with van der Waals surface area (Å²) in [5.41, 5.74) is 8.20. The van der Waals surface area contributed by atoms with Crippen LogP contribution in [0.25, 0.3) is 22.0 Å². The van der Waals surface area contributed by atoms with E-state index in [2.05, 4.69) is 88.8 Å². The molecule has 5 nitrogen and oxygen atoms in total. The predicted molar refractivity (Wildman–Crippen MR) is 141 cm³/mol. The molecule has 3 aromatic carbocycles. The number of aryl methyl sites for hydroxylation is 1. The molecule has 1 N–H and O–H groups in total. The Labute approximate surface area is 201 Å². The Morgan fingerprint density at radius 3 is 2.47 bits per heavy atom. The van der Waals surface area contributed by atoms with Crippen molar-refractivity contribution in [3.05, 3.63) is 84.1 Å². The number of benzene rings is 3. The van der Waals surface area contributed by atoms with Gasteiger partial charge in [-0.2, -0.15) is 5.26 Å². The molecule has 0 aliphatic carbocycles. The molecule has 1 aliphatic rings. The molecule has 0 amide bonds. The van der Waals surface area contributed by atoms with Crippen LogP contribution in [0, 0.1) is 18.3 Å². The van der Waals surface area contributed by atoms with E-state index in [-0.39, 0.29) is 0 Å². The van der Waals surface area contributed by atoms with E-state index in [1.54, 1.807) is 0 Å². The molecule has 1 fully saturated rings. The zero-order valence-corrected chi connectivity index (χ0v) is 19.9. The molecule has 0 spiro atoms. The van der Waals surface area contributed by atoms with Crippen LogP contribution in [0.1, 0.15) is 17.5 Å². The van der Waals surface area contributed by atoms with Crippen LogP contribution in [-0.2, 0) is 0 Å². The molecule has 0 saturated carbocycles. The third kappa shape index (κ3) is 4.33. The Hall–Kier alpha value is -3.88. The van der Waals surface area contributed by atoms with Gasteiger partial charge >= 0.3 is 0 Å². The number of hydrogen-bond donors (Lipinski definition) is 1. The van der Waals surface area contributed by atoms with Crippen LogP contribution in [0.15, 0.2) is 72.9 Å². The van der Waals surface area contributed by atoms with E-state index in [1.807, 2.05) is 31.3 Å². The van der Waals surface area contributed by atoms with E-state index in [9.17, 15) is 5.26 Å². The number of nitriles is 1. The Morgan fingerprint density at radius 1 is 1.00 bits per heavy atom. The van der Waals surface area contributed by atoms with E-state index < -0.39 is 0 Å². The molecule has 0 radical (unpaired) electrons. The first-order chi connectivity index (χ1) is 16.5. The van der Waals surface area contributed by atoms with E-state index in [1.165, 1.54) is 12.1 Å². The largest absolute Gasteiger partial charge is 0.370 e. The van der Waals surface area contributed by atoms with Gasteiger partial charge in [-0.15, -0.1) is 0 Å². The van der Waals surface area contributed by atoms with Crippen molar-refractivity contribution >= 4 is 28.0 Å². The summed E-state index contributed by atoms with van der Waals surface area (Å²) in [6, 6.07) is 25.9. The summed E-state index contributed by atoms with van der Waals surface area (Å²) in [6.07, 6.45) is 3.05. The smallest absolute Gasteiger partial charge is 0.0994 e. The molecule has 2 heterocycles. The zero-order chi connectivity index (χ0) is 23.7. The lowest BCUT2D eigenvalue weighted by Crippen LogP contribution is -2.31. The van der Waals surface area contributed by atoms with Crippen LogP contribution < -0.4 is 10.2 Å². The third-order valence-corrected chi connectivity index (χ3v) is 6.83. The lowest BCUT2D eigenvalue weighted by Gasteiger charge is -2.22. The maximum Gasteiger partial charge on any atom is 0.0994 e. The Balaban J connectivity index is 1.40. The lowest BCUT2D eigenvalue weighted by atomic mass is 9.98. The summed E-state index contributed by atoms with van der Waals surface area (Å²) in [5.74, 6) is 0. The van der Waals surface area contributed by atoms with Crippen LogP contribution in [0.3, 0.4) is 0 Å². The average Bonchev–Trinajstić information content (AvgIpc) is 3.35. The number of nitrogens with one attached hydrogen (secondary N) is 1. The number of aromatic nitrogens is 1. The quantitative estimate of drug-likeness (QED) is 0.409. The second-order valence-electron chi connectivity index (χ2n) is 9.26. The number of anilines is 3. The van der Waals surface area contributed by atoms with E-state index in [0.29, 0.717) is 11.6 Å². The van der Waals surface area contributed by atoms with E-state index in [4.69, 9.17) is 0 Å². The lowest BCUT2D eigenvalue weighted by molar-refractivity contribution is 0.315. The molecular weight excluding hydrogens is 418 g/mol. The van der Waals surface area contributed by atoms with Gasteiger partial charge in [0.2, 0.25) is 0 Å². The molecule has 1 unspecified atom stereocenters. The fraction of sp³-hybridized carbons (Fsp3) is 0.241. The van der Waals surface area contributed by atoms with Crippen molar-refractivity contribution in [1.29, 1.82) is 5.26 Å². The summed E-state index contributed by atoms with van der Waals surface area (Å²) in [4.78, 5) is 9.34. The van der Waals surface area contributed by atoms with Gasteiger partial charge in [0.15, 0.2) is 0 Å². The summed E-state index contributed by atoms with van der Waals surface area (Å²) in [5, 5.41) is 13.9. The van der Waals surface area contributed by atoms with Gasteiger partial charge in [0.25, 0.3) is 0 Å². The monoisotopic (exact) mass is 447 g/mol. The fourth-order valence-electron chi connectivity index (χ4n) is 4.71. The maximum absolute atomic E-state index is 9.24. The van der Waals surface area contributed by atoms with Crippen molar-refractivity contribution in [2.24, 2.45) is 0 Å². The second-order valence-corrected chi connectivity index (χ2v) is 9.26. The second kappa shape index (κ2) is 9.17. The minimum absolute atomic E-state index is 0.620. The van der Waals surface area contributed by atoms with Gasteiger partial charge in [-0.3, -0.25) is 4.98 Å². The van der Waals surface area contributed by atoms with Gasteiger partial charge in [0.1, 0.15) is 0 Å². The number of fused-ring (bicyclic) bond motifs is 1. The summed E-state index contributed by atoms with van der Waals surface area (Å²) in [6.45, 7) is 4.15. The first-order valence-corrected chi connectivity index (χ1v) is 11.7. The number of pyridine rings is 1. The Kier molecular flexibility index (Phi) is 5.91. The van der Waals surface area contributed by atoms with Crippen molar-refractivity contribution in [1.82, 2.24) is 9.88 Å². The number of nitrogens with zero attached hydrogens (tertiary/aromatic N) is 4. The SMILES string of the molecule is Cc1cc(-c2ccc3nccc(Nc4ccc(N5CCC(N(C)C)C5)cc4)c3c2)ccc1C#N. The molecule has 5 heteroatoms. The minimum atomic E-state index is 0.620. The zero-order valence-electron chi connectivity index (χ0n) is 19.9. The average molecular weight is 448 g/mol. The highest BCUT2D eigenvalue weighted by atomic mass is 15.2. The topological polar surface area (TPSA) is 55.2 Å². The standard InChI is InChI=1S/C29H29N5/c1-20-16-21(4-5-23(20)18-30)22-6-11-28-27(17-22)29(12-14-31-28)32-24-7-9-25(10-8-24)34-15-13-26(19-34)33(2)3/h4-12,14,16-17,26H,13,15,19H2,1-3H3,(H,31,32). The molecule has 34 heavy (non-hydrogen) atoms. The van der Waals surface area contributed by atoms with E-state index >= 15 is 0 Å². The highest BCUT2D eigenvalue weighted by Crippen LogP contribution is 2.31. The molecule has 170 valence electrons. The van der Waals surface area contributed by atoms with Crippen LogP contribution in [0.4, 0.5) is 17.1 Å². The Bertz CT molecular complexity index is 1370. The van der Waals surface area contributed by atoms with Crippen molar-refractivity contribution in [2.75, 3.05) is 37.4 Å². The normalized spacial score (nSPS) is 15.6. The summed E-state index contributed by atoms with van der Waals surface area (Å²) in [7, 11) is 4.32. The Morgan fingerprint density at radius 2 is 1.76 bits per heavy atom. The van der Waals surface area contributed by atoms with Crippen molar-refractivity contribution in [3.63, 3.8) is 0 Å². The van der Waals surface area contributed by atoms with Gasteiger partial charge in [-0.1, -0.05) is 18.2 Å². The molecule has 4 aromatic rings. The molecule has 0 bridgehead atoms. The van der Waals surface area contributed by atoms with Gasteiger partial charge < -0.3 is 15.1 Å². The predicted octanol–water partition coefficient (Wildman–Crippen LogP) is 5.97. The van der Waals surface area contributed by atoms with Crippen LogP contribution in [-0.4, -0.2) is 43.1 Å². The molecule has 5 rings (SSSR count). The molecular formula is C29H29N5. The van der Waals surface area contributed by atoms with E-state index in [0.717, 1.165) is 52.1 Å². The van der Waals surface area contributed by atoms with Gasteiger partial charge in [0, 0.05) is 47.8 Å². The van der Waals surface area contributed by atoms with Gasteiger partial charge in [-0.25, -0.2) is 0 Å². The maximum atomic E-state index is 9.24. The number of rotatable bonds is 5. The number of likely N-dealkylation sites (N-methyl/N-ethyl adjacent to an activating group) is 1. The minimum Gasteiger partial charge on any atom is -0.370 e. The summed E-state index contributed by atoms with van der Waals surface area (Å²) < 4.78 is 0.